The molecule has 13 nitrogen and oxygen atoms in total. The monoisotopic (exact) mass is 644 g/mol. The largest absolute Gasteiger partial charge is 0.432 e. The predicted octanol–water partition coefficient (Wildman–Crippen LogP) is -0.349. The Morgan fingerprint density at radius 1 is 0.911 bits per heavy atom. The van der Waals surface area contributed by atoms with E-state index >= 15 is 0 Å². The number of fused-ring (bicyclic) bond motifs is 1. The van der Waals surface area contributed by atoms with Crippen molar-refractivity contribution in [2.24, 2.45) is 22.7 Å². The molecule has 0 radical (unpaired) electrons. The summed E-state index contributed by atoms with van der Waals surface area (Å²) in [6.45, 7) is 9.38. The van der Waals surface area contributed by atoms with E-state index in [1.165, 1.54) is 0 Å². The van der Waals surface area contributed by atoms with E-state index in [9.17, 15) is 45.6 Å². The molecule has 0 spiro atoms. The van der Waals surface area contributed by atoms with Crippen molar-refractivity contribution in [3.8, 4) is 0 Å². The SMILES string of the molecule is C=C1CCC2[C@@](C)(C(=O)O[C@@H]3O[C@H](CO)[C@@H](O)[C@H](O)[C@H]3O)CCC[C@@]2(C)[C@@H]1CC/C(C)=C/CO[C@@H]1O[C@H](CO)[C@@H](O)[C@H](O)[C@H]1O. The number of ether oxygens (including phenoxy) is 4. The smallest absolute Gasteiger partial charge is 0.314 e. The molecule has 4 fully saturated rings. The summed E-state index contributed by atoms with van der Waals surface area (Å²) in [5.41, 5.74) is 1.00. The zero-order valence-corrected chi connectivity index (χ0v) is 26.4. The van der Waals surface area contributed by atoms with Crippen LogP contribution in [0.1, 0.15) is 65.7 Å². The molecule has 2 saturated heterocycles. The minimum absolute atomic E-state index is 0.0505. The Balaban J connectivity index is 1.39. The first-order valence-electron chi connectivity index (χ1n) is 16.0. The van der Waals surface area contributed by atoms with E-state index in [2.05, 4.69) is 13.5 Å². The molecule has 14 atom stereocenters. The van der Waals surface area contributed by atoms with Crippen LogP contribution >= 0.6 is 0 Å². The fourth-order valence-corrected chi connectivity index (χ4v) is 8.10. The third-order valence-electron chi connectivity index (χ3n) is 10.9. The molecule has 45 heavy (non-hydrogen) atoms. The van der Waals surface area contributed by atoms with Crippen molar-refractivity contribution in [2.45, 2.75) is 127 Å². The maximum atomic E-state index is 13.8. The molecule has 0 aromatic heterocycles. The highest BCUT2D eigenvalue weighted by molar-refractivity contribution is 5.77. The second-order valence-corrected chi connectivity index (χ2v) is 13.8. The Kier molecular flexibility index (Phi) is 11.9. The van der Waals surface area contributed by atoms with E-state index in [-0.39, 0.29) is 23.9 Å². The van der Waals surface area contributed by atoms with Gasteiger partial charge in [-0.2, -0.15) is 0 Å². The molecule has 8 N–H and O–H groups in total. The van der Waals surface area contributed by atoms with Crippen molar-refractivity contribution in [3.63, 3.8) is 0 Å². The topological polar surface area (TPSA) is 216 Å². The van der Waals surface area contributed by atoms with Gasteiger partial charge in [-0.3, -0.25) is 4.79 Å². The first-order valence-corrected chi connectivity index (χ1v) is 16.0. The van der Waals surface area contributed by atoms with Crippen LogP contribution in [0.5, 0.6) is 0 Å². The summed E-state index contributed by atoms with van der Waals surface area (Å²) in [6.07, 6.45) is -7.11. The molecule has 0 bridgehead atoms. The summed E-state index contributed by atoms with van der Waals surface area (Å²) in [4.78, 5) is 13.8. The second kappa shape index (κ2) is 14.7. The Bertz CT molecular complexity index is 1060. The Morgan fingerprint density at radius 3 is 2.09 bits per heavy atom. The lowest BCUT2D eigenvalue weighted by atomic mass is 9.46. The van der Waals surface area contributed by atoms with Gasteiger partial charge < -0.3 is 59.8 Å². The van der Waals surface area contributed by atoms with Gasteiger partial charge in [-0.15, -0.1) is 0 Å². The minimum atomic E-state index is -1.66. The van der Waals surface area contributed by atoms with E-state index in [1.54, 1.807) is 0 Å². The molecule has 2 saturated carbocycles. The summed E-state index contributed by atoms with van der Waals surface area (Å²) in [6, 6.07) is 0. The average molecular weight is 645 g/mol. The van der Waals surface area contributed by atoms with Gasteiger partial charge in [-0.1, -0.05) is 37.1 Å². The Labute approximate surface area is 264 Å². The van der Waals surface area contributed by atoms with Crippen molar-refractivity contribution in [1.82, 2.24) is 0 Å². The molecule has 0 amide bonds. The van der Waals surface area contributed by atoms with Gasteiger partial charge >= 0.3 is 5.97 Å². The quantitative estimate of drug-likeness (QED) is 0.113. The molecule has 4 aliphatic rings. The van der Waals surface area contributed by atoms with Gasteiger partial charge in [-0.25, -0.2) is 0 Å². The van der Waals surface area contributed by atoms with E-state index in [0.29, 0.717) is 6.42 Å². The molecule has 13 heteroatoms. The lowest BCUT2D eigenvalue weighted by molar-refractivity contribution is -0.298. The van der Waals surface area contributed by atoms with Crippen LogP contribution in [0.4, 0.5) is 0 Å². The van der Waals surface area contributed by atoms with E-state index in [4.69, 9.17) is 18.9 Å². The lowest BCUT2D eigenvalue weighted by Gasteiger charge is -2.58. The number of esters is 1. The van der Waals surface area contributed by atoms with E-state index in [0.717, 1.165) is 49.7 Å². The van der Waals surface area contributed by atoms with Crippen LogP contribution in [0.25, 0.3) is 0 Å². The van der Waals surface area contributed by atoms with E-state index in [1.807, 2.05) is 19.9 Å². The highest BCUT2D eigenvalue weighted by Crippen LogP contribution is 2.62. The zero-order valence-electron chi connectivity index (χ0n) is 26.4. The fourth-order valence-electron chi connectivity index (χ4n) is 8.10. The van der Waals surface area contributed by atoms with Crippen molar-refractivity contribution in [1.29, 1.82) is 0 Å². The van der Waals surface area contributed by atoms with Crippen LogP contribution in [0.2, 0.25) is 0 Å². The fraction of sp³-hybridized carbons (Fsp3) is 0.844. The molecule has 0 aromatic carbocycles. The molecule has 0 aromatic rings. The van der Waals surface area contributed by atoms with Crippen LogP contribution in [0, 0.1) is 22.7 Å². The average Bonchev–Trinajstić information content (AvgIpc) is 3.00. The number of rotatable bonds is 10. The third-order valence-corrected chi connectivity index (χ3v) is 10.9. The lowest BCUT2D eigenvalue weighted by Crippen LogP contribution is -2.61. The molecule has 4 rings (SSSR count). The highest BCUT2D eigenvalue weighted by atomic mass is 16.7. The first kappa shape index (κ1) is 36.3. The molecule has 258 valence electrons. The number of hydrogen-bond donors (Lipinski definition) is 8. The number of hydrogen-bond acceptors (Lipinski definition) is 13. The van der Waals surface area contributed by atoms with Gasteiger partial charge in [0.2, 0.25) is 6.29 Å². The van der Waals surface area contributed by atoms with Crippen LogP contribution in [-0.2, 0) is 23.7 Å². The minimum Gasteiger partial charge on any atom is -0.432 e. The van der Waals surface area contributed by atoms with Gasteiger partial charge in [0.15, 0.2) is 6.29 Å². The maximum Gasteiger partial charge on any atom is 0.314 e. The second-order valence-electron chi connectivity index (χ2n) is 13.8. The number of carbonyl (C=O) groups excluding carboxylic acids is 1. The van der Waals surface area contributed by atoms with Gasteiger partial charge in [0.25, 0.3) is 0 Å². The van der Waals surface area contributed by atoms with Gasteiger partial charge in [0.05, 0.1) is 25.2 Å². The van der Waals surface area contributed by atoms with Crippen molar-refractivity contribution in [2.75, 3.05) is 19.8 Å². The number of aliphatic hydroxyl groups excluding tert-OH is 8. The molecular formula is C32H52O13. The van der Waals surface area contributed by atoms with Gasteiger partial charge in [0.1, 0.15) is 48.8 Å². The highest BCUT2D eigenvalue weighted by Gasteiger charge is 2.59. The summed E-state index contributed by atoms with van der Waals surface area (Å²) in [5.74, 6) is -0.480. The van der Waals surface area contributed by atoms with Crippen LogP contribution in [0.3, 0.4) is 0 Å². The third kappa shape index (κ3) is 7.19. The van der Waals surface area contributed by atoms with Crippen molar-refractivity contribution < 1.29 is 64.6 Å². The first-order chi connectivity index (χ1) is 21.2. The maximum absolute atomic E-state index is 13.8. The van der Waals surface area contributed by atoms with Crippen molar-refractivity contribution in [3.05, 3.63) is 23.8 Å². The van der Waals surface area contributed by atoms with Crippen molar-refractivity contribution >= 4 is 5.97 Å². The summed E-state index contributed by atoms with van der Waals surface area (Å²) < 4.78 is 22.1. The summed E-state index contributed by atoms with van der Waals surface area (Å²) >= 11 is 0. The summed E-state index contributed by atoms with van der Waals surface area (Å²) in [5, 5.41) is 79.8. The Morgan fingerprint density at radius 2 is 1.49 bits per heavy atom. The Hall–Kier alpha value is -1.49. The molecule has 2 aliphatic carbocycles. The number of carbonyl (C=O) groups is 1. The van der Waals surface area contributed by atoms with Crippen LogP contribution in [-0.4, -0.2) is 128 Å². The molecule has 2 heterocycles. The number of aliphatic hydroxyl groups is 8. The number of allylic oxidation sites excluding steroid dienone is 2. The molecule has 2 aliphatic heterocycles. The molecular weight excluding hydrogens is 592 g/mol. The standard InChI is InChI=1S/C32H52O13/c1-16(10-13-42-28-26(39)24(37)22(35)19(14-33)43-28)6-8-18-17(2)7-9-21-31(18,3)11-5-12-32(21,4)30(41)45-29-27(40)25(38)23(36)20(15-34)44-29/h10,18-29,33-40H,2,5-9,11-15H2,1,3-4H3/b16-10+/t18-,19-,20-,21?,22-,23-,24+,25+,26-,27-,28-,29+,31+,32+/m1/s1. The molecule has 1 unspecified atom stereocenters. The normalized spacial score (nSPS) is 46.0. The summed E-state index contributed by atoms with van der Waals surface area (Å²) in [7, 11) is 0. The van der Waals surface area contributed by atoms with E-state index < -0.39 is 86.0 Å². The van der Waals surface area contributed by atoms with Gasteiger partial charge in [-0.05, 0) is 69.6 Å². The predicted molar refractivity (Wildman–Crippen MR) is 158 cm³/mol. The zero-order chi connectivity index (χ0) is 33.3. The van der Waals surface area contributed by atoms with Crippen LogP contribution < -0.4 is 0 Å². The van der Waals surface area contributed by atoms with Crippen LogP contribution in [0.15, 0.2) is 23.8 Å². The van der Waals surface area contributed by atoms with Gasteiger partial charge in [0, 0.05) is 0 Å².